The van der Waals surface area contributed by atoms with Crippen LogP contribution in [0.3, 0.4) is 0 Å². The van der Waals surface area contributed by atoms with Crippen LogP contribution in [0.4, 0.5) is 0 Å². The van der Waals surface area contributed by atoms with Crippen molar-refractivity contribution in [2.24, 2.45) is 0 Å². The zero-order valence-electron chi connectivity index (χ0n) is 7.44. The quantitative estimate of drug-likeness (QED) is 0.689. The molecule has 1 atom stereocenters. The molecule has 4 heteroatoms. The largest absolute Gasteiger partial charge is 0.306 e. The Morgan fingerprint density at radius 3 is 3.08 bits per heavy atom. The van der Waals surface area contributed by atoms with Gasteiger partial charge >= 0.3 is 0 Å². The Morgan fingerprint density at radius 2 is 2.46 bits per heavy atom. The van der Waals surface area contributed by atoms with Crippen molar-refractivity contribution in [3.05, 3.63) is 18.5 Å². The van der Waals surface area contributed by atoms with Gasteiger partial charge < -0.3 is 5.32 Å². The first-order chi connectivity index (χ1) is 6.38. The van der Waals surface area contributed by atoms with Crippen LogP contribution in [-0.2, 0) is 0 Å². The number of nitrogens with zero attached hydrogens (tertiary/aromatic N) is 2. The summed E-state index contributed by atoms with van der Waals surface area (Å²) in [5.41, 5.74) is 0. The molecule has 1 N–H and O–H groups in total. The summed E-state index contributed by atoms with van der Waals surface area (Å²) in [4.78, 5) is 11.7. The third kappa shape index (κ3) is 1.78. The lowest BCUT2D eigenvalue weighted by molar-refractivity contribution is 0.0826. The summed E-state index contributed by atoms with van der Waals surface area (Å²) in [7, 11) is 0. The van der Waals surface area contributed by atoms with Gasteiger partial charge in [-0.2, -0.15) is 5.10 Å². The molecule has 1 aliphatic rings. The van der Waals surface area contributed by atoms with Gasteiger partial charge in [-0.15, -0.1) is 0 Å². The topological polar surface area (TPSA) is 46.9 Å². The molecule has 1 aromatic heterocycles. The van der Waals surface area contributed by atoms with Gasteiger partial charge in [-0.1, -0.05) is 6.42 Å². The Balaban J connectivity index is 2.04. The Morgan fingerprint density at radius 1 is 1.54 bits per heavy atom. The van der Waals surface area contributed by atoms with Crippen molar-refractivity contribution in [2.75, 3.05) is 6.54 Å². The van der Waals surface area contributed by atoms with Crippen molar-refractivity contribution in [1.82, 2.24) is 15.1 Å². The maximum absolute atomic E-state index is 11.7. The molecule has 1 unspecified atom stereocenters. The number of carbonyl (C=O) groups excluding carboxylic acids is 1. The van der Waals surface area contributed by atoms with Crippen LogP contribution < -0.4 is 5.32 Å². The molecule has 1 saturated heterocycles. The molecule has 1 aliphatic heterocycles. The van der Waals surface area contributed by atoms with E-state index in [2.05, 4.69) is 10.4 Å². The Labute approximate surface area is 76.9 Å². The number of nitrogens with one attached hydrogen (secondary N) is 1. The molecule has 1 aromatic rings. The summed E-state index contributed by atoms with van der Waals surface area (Å²) >= 11 is 0. The second-order valence-electron chi connectivity index (χ2n) is 3.29. The molecule has 0 spiro atoms. The minimum atomic E-state index is -0.0337. The standard InChI is InChI=1S/C9H13N3O/c13-9(12-7-3-6-11-12)8-4-1-2-5-10-8/h3,6-8,10H,1-2,4-5H2. The highest BCUT2D eigenvalue weighted by molar-refractivity contribution is 5.83. The van der Waals surface area contributed by atoms with Gasteiger partial charge in [0.2, 0.25) is 0 Å². The molecule has 13 heavy (non-hydrogen) atoms. The molecule has 0 aromatic carbocycles. The third-order valence-electron chi connectivity index (χ3n) is 2.34. The van der Waals surface area contributed by atoms with Crippen molar-refractivity contribution in [3.8, 4) is 0 Å². The Kier molecular flexibility index (Phi) is 2.40. The van der Waals surface area contributed by atoms with Gasteiger partial charge in [0.25, 0.3) is 5.91 Å². The molecule has 2 heterocycles. The normalized spacial score (nSPS) is 22.9. The highest BCUT2D eigenvalue weighted by Gasteiger charge is 2.21. The van der Waals surface area contributed by atoms with Gasteiger partial charge in [-0.25, -0.2) is 4.68 Å². The Bertz CT molecular complexity index is 275. The SMILES string of the molecule is O=C(C1CCCCN1)n1cccn1. The van der Waals surface area contributed by atoms with Gasteiger partial charge in [-0.05, 0) is 25.5 Å². The van der Waals surface area contributed by atoms with Crippen molar-refractivity contribution in [1.29, 1.82) is 0 Å². The van der Waals surface area contributed by atoms with Crippen LogP contribution >= 0.6 is 0 Å². The minimum absolute atomic E-state index is 0.0337. The fourth-order valence-electron chi connectivity index (χ4n) is 1.62. The summed E-state index contributed by atoms with van der Waals surface area (Å²) < 4.78 is 1.41. The molecule has 2 rings (SSSR count). The van der Waals surface area contributed by atoms with Crippen LogP contribution in [0, 0.1) is 0 Å². The summed E-state index contributed by atoms with van der Waals surface area (Å²) in [6, 6.07) is 1.73. The summed E-state index contributed by atoms with van der Waals surface area (Å²) in [6.07, 6.45) is 6.55. The smallest absolute Gasteiger partial charge is 0.263 e. The van der Waals surface area contributed by atoms with Crippen LogP contribution in [0.15, 0.2) is 18.5 Å². The van der Waals surface area contributed by atoms with Crippen LogP contribution in [0.5, 0.6) is 0 Å². The fourth-order valence-corrected chi connectivity index (χ4v) is 1.62. The third-order valence-corrected chi connectivity index (χ3v) is 2.34. The highest BCUT2D eigenvalue weighted by atomic mass is 16.2. The van der Waals surface area contributed by atoms with Crippen LogP contribution in [0.25, 0.3) is 0 Å². The lowest BCUT2D eigenvalue weighted by Gasteiger charge is -2.21. The monoisotopic (exact) mass is 179 g/mol. The lowest BCUT2D eigenvalue weighted by Crippen LogP contribution is -2.43. The molecule has 0 amide bonds. The van der Waals surface area contributed by atoms with E-state index in [0.717, 1.165) is 19.4 Å². The van der Waals surface area contributed by atoms with E-state index in [4.69, 9.17) is 0 Å². The van der Waals surface area contributed by atoms with E-state index in [1.807, 2.05) is 0 Å². The first-order valence-electron chi connectivity index (χ1n) is 4.65. The molecule has 0 saturated carbocycles. The van der Waals surface area contributed by atoms with Crippen molar-refractivity contribution < 1.29 is 4.79 Å². The lowest BCUT2D eigenvalue weighted by atomic mass is 10.0. The van der Waals surface area contributed by atoms with E-state index in [-0.39, 0.29) is 11.9 Å². The van der Waals surface area contributed by atoms with Crippen LogP contribution in [0.1, 0.15) is 24.1 Å². The van der Waals surface area contributed by atoms with E-state index in [1.54, 1.807) is 18.5 Å². The summed E-state index contributed by atoms with van der Waals surface area (Å²) in [5.74, 6) is 0.0599. The minimum Gasteiger partial charge on any atom is -0.306 e. The fraction of sp³-hybridized carbons (Fsp3) is 0.556. The predicted molar refractivity (Wildman–Crippen MR) is 48.5 cm³/mol. The number of rotatable bonds is 1. The van der Waals surface area contributed by atoms with E-state index in [9.17, 15) is 4.79 Å². The molecule has 4 nitrogen and oxygen atoms in total. The van der Waals surface area contributed by atoms with E-state index < -0.39 is 0 Å². The van der Waals surface area contributed by atoms with Gasteiger partial charge in [0.05, 0.1) is 6.04 Å². The van der Waals surface area contributed by atoms with E-state index in [1.165, 1.54) is 11.1 Å². The first-order valence-corrected chi connectivity index (χ1v) is 4.65. The van der Waals surface area contributed by atoms with E-state index >= 15 is 0 Å². The zero-order valence-corrected chi connectivity index (χ0v) is 7.44. The molecule has 70 valence electrons. The maximum atomic E-state index is 11.7. The van der Waals surface area contributed by atoms with Crippen molar-refractivity contribution in [2.45, 2.75) is 25.3 Å². The van der Waals surface area contributed by atoms with Gasteiger partial charge in [0.15, 0.2) is 0 Å². The van der Waals surface area contributed by atoms with Gasteiger partial charge in [0, 0.05) is 12.4 Å². The number of hydrogen-bond acceptors (Lipinski definition) is 3. The average molecular weight is 179 g/mol. The number of hydrogen-bond donors (Lipinski definition) is 1. The summed E-state index contributed by atoms with van der Waals surface area (Å²) in [5, 5.41) is 7.12. The number of aromatic nitrogens is 2. The average Bonchev–Trinajstić information content (AvgIpc) is 2.71. The number of piperidine rings is 1. The van der Waals surface area contributed by atoms with Gasteiger partial charge in [0.1, 0.15) is 0 Å². The second-order valence-corrected chi connectivity index (χ2v) is 3.29. The van der Waals surface area contributed by atoms with Crippen LogP contribution in [-0.4, -0.2) is 28.3 Å². The highest BCUT2D eigenvalue weighted by Crippen LogP contribution is 2.08. The Hall–Kier alpha value is -1.16. The molecule has 0 bridgehead atoms. The molecular weight excluding hydrogens is 166 g/mol. The van der Waals surface area contributed by atoms with E-state index in [0.29, 0.717) is 0 Å². The molecule has 0 radical (unpaired) electrons. The molecule has 0 aliphatic carbocycles. The number of carbonyl (C=O) groups is 1. The second kappa shape index (κ2) is 3.70. The molecule has 1 fully saturated rings. The van der Waals surface area contributed by atoms with Crippen LogP contribution in [0.2, 0.25) is 0 Å². The zero-order chi connectivity index (χ0) is 9.10. The van der Waals surface area contributed by atoms with Crippen molar-refractivity contribution >= 4 is 5.91 Å². The first kappa shape index (κ1) is 8.44. The molecular formula is C9H13N3O. The van der Waals surface area contributed by atoms with Gasteiger partial charge in [-0.3, -0.25) is 4.79 Å². The predicted octanol–water partition coefficient (Wildman–Crippen LogP) is 0.665. The summed E-state index contributed by atoms with van der Waals surface area (Å²) in [6.45, 7) is 0.942. The maximum Gasteiger partial charge on any atom is 0.263 e. The van der Waals surface area contributed by atoms with Crippen molar-refractivity contribution in [3.63, 3.8) is 0 Å².